The van der Waals surface area contributed by atoms with Crippen molar-refractivity contribution in [2.75, 3.05) is 33.8 Å². The molecule has 0 aliphatic carbocycles. The molecule has 5 nitrogen and oxygen atoms in total. The molecular formula is C16H20ClN3O2. The quantitative estimate of drug-likeness (QED) is 0.942. The summed E-state index contributed by atoms with van der Waals surface area (Å²) >= 11 is 6.46. The first-order valence-electron chi connectivity index (χ1n) is 7.36. The van der Waals surface area contributed by atoms with Crippen molar-refractivity contribution in [3.63, 3.8) is 0 Å². The van der Waals surface area contributed by atoms with Crippen molar-refractivity contribution in [3.05, 3.63) is 35.0 Å². The van der Waals surface area contributed by atoms with Crippen LogP contribution in [-0.2, 0) is 16.1 Å². The number of ether oxygens (including phenoxy) is 1. The third kappa shape index (κ3) is 2.97. The zero-order valence-electron chi connectivity index (χ0n) is 12.8. The number of aromatic nitrogens is 1. The lowest BCUT2D eigenvalue weighted by Crippen LogP contribution is -2.49. The first kappa shape index (κ1) is 15.3. The first-order chi connectivity index (χ1) is 10.6. The molecule has 3 rings (SSSR count). The van der Waals surface area contributed by atoms with Gasteiger partial charge in [0.1, 0.15) is 6.10 Å². The molecule has 118 valence electrons. The van der Waals surface area contributed by atoms with Crippen LogP contribution in [0.2, 0.25) is 5.02 Å². The number of amides is 1. The maximum absolute atomic E-state index is 12.0. The number of hydrogen-bond acceptors (Lipinski definition) is 3. The fraction of sp³-hybridized carbons (Fsp3) is 0.438. The van der Waals surface area contributed by atoms with E-state index >= 15 is 0 Å². The molecule has 22 heavy (non-hydrogen) atoms. The van der Waals surface area contributed by atoms with Crippen molar-refractivity contribution in [3.8, 4) is 0 Å². The number of carbonyl (C=O) groups is 1. The second-order valence-corrected chi connectivity index (χ2v) is 6.17. The lowest BCUT2D eigenvalue weighted by molar-refractivity contribution is -0.147. The molecule has 1 amide bonds. The molecule has 1 N–H and O–H groups in total. The first-order valence-corrected chi connectivity index (χ1v) is 7.74. The number of nitrogens with zero attached hydrogens (tertiary/aromatic N) is 2. The number of aromatic amines is 1. The summed E-state index contributed by atoms with van der Waals surface area (Å²) in [5, 5.41) is 1.80. The normalized spacial score (nSPS) is 19.5. The molecule has 6 heteroatoms. The van der Waals surface area contributed by atoms with Gasteiger partial charge in [0.15, 0.2) is 0 Å². The number of benzene rings is 1. The molecule has 1 fully saturated rings. The standard InChI is InChI=1S/C16H20ClN3O2/c1-19(2)16(21)14-10-20(7-8-22-14)9-13-15(17)11-5-3-4-6-12(11)18-13/h3-6,14,18H,7-10H2,1-2H3/t14-/m0/s1. The van der Waals surface area contributed by atoms with Gasteiger partial charge in [0, 0.05) is 50.3 Å². The van der Waals surface area contributed by atoms with Crippen LogP contribution in [0.3, 0.4) is 0 Å². The van der Waals surface area contributed by atoms with Gasteiger partial charge < -0.3 is 14.6 Å². The number of nitrogens with one attached hydrogen (secondary N) is 1. The van der Waals surface area contributed by atoms with Crippen molar-refractivity contribution in [2.45, 2.75) is 12.6 Å². The van der Waals surface area contributed by atoms with Gasteiger partial charge in [0.2, 0.25) is 0 Å². The average Bonchev–Trinajstić information content (AvgIpc) is 2.83. The molecule has 1 atom stereocenters. The van der Waals surface area contributed by atoms with Crippen molar-refractivity contribution in [2.24, 2.45) is 0 Å². The SMILES string of the molecule is CN(C)C(=O)[C@@H]1CN(Cc2[nH]c3ccccc3c2Cl)CCO1. The van der Waals surface area contributed by atoms with Crippen molar-refractivity contribution in [1.29, 1.82) is 0 Å². The van der Waals surface area contributed by atoms with Gasteiger partial charge in [-0.15, -0.1) is 0 Å². The van der Waals surface area contributed by atoms with Crippen LogP contribution in [0.5, 0.6) is 0 Å². The minimum absolute atomic E-state index is 0.00689. The molecular weight excluding hydrogens is 302 g/mol. The summed E-state index contributed by atoms with van der Waals surface area (Å²) in [6.07, 6.45) is -0.396. The molecule has 0 radical (unpaired) electrons. The number of H-pyrrole nitrogens is 1. The Morgan fingerprint density at radius 3 is 2.95 bits per heavy atom. The predicted octanol–water partition coefficient (Wildman–Crippen LogP) is 2.11. The van der Waals surface area contributed by atoms with Crippen LogP contribution in [0.25, 0.3) is 10.9 Å². The molecule has 0 unspecified atom stereocenters. The average molecular weight is 322 g/mol. The Morgan fingerprint density at radius 1 is 1.45 bits per heavy atom. The van der Waals surface area contributed by atoms with Gasteiger partial charge in [0.05, 0.1) is 11.6 Å². The largest absolute Gasteiger partial charge is 0.366 e. The van der Waals surface area contributed by atoms with E-state index in [-0.39, 0.29) is 5.91 Å². The molecule has 0 saturated carbocycles. The summed E-state index contributed by atoms with van der Waals surface area (Å²) in [6, 6.07) is 7.99. The Bertz CT molecular complexity index is 683. The lowest BCUT2D eigenvalue weighted by atomic mass is 10.2. The van der Waals surface area contributed by atoms with Gasteiger partial charge in [-0.25, -0.2) is 0 Å². The maximum Gasteiger partial charge on any atom is 0.252 e. The van der Waals surface area contributed by atoms with Crippen LogP contribution in [0.4, 0.5) is 0 Å². The number of morpholine rings is 1. The van der Waals surface area contributed by atoms with E-state index in [1.165, 1.54) is 0 Å². The number of rotatable bonds is 3. The van der Waals surface area contributed by atoms with Gasteiger partial charge in [-0.05, 0) is 6.07 Å². The van der Waals surface area contributed by atoms with E-state index in [1.807, 2.05) is 24.3 Å². The highest BCUT2D eigenvalue weighted by Crippen LogP contribution is 2.28. The second kappa shape index (κ2) is 6.28. The van der Waals surface area contributed by atoms with Crippen LogP contribution in [0.1, 0.15) is 5.69 Å². The van der Waals surface area contributed by atoms with Gasteiger partial charge >= 0.3 is 0 Å². The zero-order chi connectivity index (χ0) is 15.7. The Balaban J connectivity index is 1.74. The summed E-state index contributed by atoms with van der Waals surface area (Å²) in [7, 11) is 3.50. The fourth-order valence-electron chi connectivity index (χ4n) is 2.78. The van der Waals surface area contributed by atoms with Crippen molar-refractivity contribution >= 4 is 28.4 Å². The third-order valence-corrected chi connectivity index (χ3v) is 4.39. The van der Waals surface area contributed by atoms with Gasteiger partial charge in [-0.1, -0.05) is 29.8 Å². The number of carbonyl (C=O) groups excluding carboxylic acids is 1. The Labute approximate surface area is 134 Å². The molecule has 2 heterocycles. The maximum atomic E-state index is 12.0. The number of fused-ring (bicyclic) bond motifs is 1. The molecule has 1 aromatic heterocycles. The summed E-state index contributed by atoms with van der Waals surface area (Å²) in [5.41, 5.74) is 2.03. The molecule has 0 spiro atoms. The van der Waals surface area contributed by atoms with Crippen LogP contribution in [0, 0.1) is 0 Å². The number of likely N-dealkylation sites (N-methyl/N-ethyl adjacent to an activating group) is 1. The van der Waals surface area contributed by atoms with Crippen LogP contribution < -0.4 is 0 Å². The second-order valence-electron chi connectivity index (χ2n) is 5.79. The summed E-state index contributed by atoms with van der Waals surface area (Å²) in [6.45, 7) is 2.63. The monoisotopic (exact) mass is 321 g/mol. The molecule has 2 aromatic rings. The molecule has 1 aliphatic heterocycles. The van der Waals surface area contributed by atoms with E-state index in [1.54, 1.807) is 19.0 Å². The smallest absolute Gasteiger partial charge is 0.252 e. The third-order valence-electron chi connectivity index (χ3n) is 3.96. The lowest BCUT2D eigenvalue weighted by Gasteiger charge is -2.33. The van der Waals surface area contributed by atoms with E-state index in [4.69, 9.17) is 16.3 Å². The van der Waals surface area contributed by atoms with E-state index < -0.39 is 6.10 Å². The molecule has 1 aliphatic rings. The van der Waals surface area contributed by atoms with Crippen molar-refractivity contribution in [1.82, 2.24) is 14.8 Å². The van der Waals surface area contributed by atoms with Crippen molar-refractivity contribution < 1.29 is 9.53 Å². The minimum Gasteiger partial charge on any atom is -0.366 e. The highest BCUT2D eigenvalue weighted by atomic mass is 35.5. The fourth-order valence-corrected chi connectivity index (χ4v) is 3.05. The number of para-hydroxylation sites is 1. The van der Waals surface area contributed by atoms with E-state index in [2.05, 4.69) is 9.88 Å². The van der Waals surface area contributed by atoms with Gasteiger partial charge in [-0.2, -0.15) is 0 Å². The Hall–Kier alpha value is -1.56. The van der Waals surface area contributed by atoms with E-state index in [0.29, 0.717) is 19.7 Å². The molecule has 0 bridgehead atoms. The topological polar surface area (TPSA) is 48.6 Å². The molecule has 1 saturated heterocycles. The van der Waals surface area contributed by atoms with Crippen LogP contribution >= 0.6 is 11.6 Å². The summed E-state index contributed by atoms with van der Waals surface area (Å²) in [4.78, 5) is 19.2. The molecule has 1 aromatic carbocycles. The minimum atomic E-state index is -0.396. The number of halogens is 1. The predicted molar refractivity (Wildman–Crippen MR) is 87.0 cm³/mol. The Kier molecular flexibility index (Phi) is 4.38. The Morgan fingerprint density at radius 2 is 2.23 bits per heavy atom. The zero-order valence-corrected chi connectivity index (χ0v) is 13.6. The van der Waals surface area contributed by atoms with Crippen LogP contribution in [0.15, 0.2) is 24.3 Å². The summed E-state index contributed by atoms with van der Waals surface area (Å²) in [5.74, 6) is 0.00689. The van der Waals surface area contributed by atoms with Gasteiger partial charge in [-0.3, -0.25) is 9.69 Å². The van der Waals surface area contributed by atoms with E-state index in [0.717, 1.165) is 28.2 Å². The van der Waals surface area contributed by atoms with Gasteiger partial charge in [0.25, 0.3) is 5.91 Å². The highest BCUT2D eigenvalue weighted by Gasteiger charge is 2.28. The number of hydrogen-bond donors (Lipinski definition) is 1. The van der Waals surface area contributed by atoms with Crippen LogP contribution in [-0.4, -0.2) is 60.6 Å². The van der Waals surface area contributed by atoms with E-state index in [9.17, 15) is 4.79 Å². The summed E-state index contributed by atoms with van der Waals surface area (Å²) < 4.78 is 5.58. The highest BCUT2D eigenvalue weighted by molar-refractivity contribution is 6.36.